The van der Waals surface area contributed by atoms with Crippen LogP contribution in [0.2, 0.25) is 0 Å². The van der Waals surface area contributed by atoms with Crippen LogP contribution in [0.3, 0.4) is 0 Å². The van der Waals surface area contributed by atoms with E-state index in [4.69, 9.17) is 0 Å². The third-order valence-corrected chi connectivity index (χ3v) is 1.13. The van der Waals surface area contributed by atoms with Crippen LogP contribution in [0.5, 0.6) is 0 Å². The molecule has 0 aromatic heterocycles. The summed E-state index contributed by atoms with van der Waals surface area (Å²) in [6.45, 7) is 4.14. The van der Waals surface area contributed by atoms with Gasteiger partial charge in [0, 0.05) is 6.08 Å². The normalized spacial score (nSPS) is 10.0. The Labute approximate surface area is 77.5 Å². The predicted molar refractivity (Wildman–Crippen MR) is 47.0 cm³/mol. The van der Waals surface area contributed by atoms with Gasteiger partial charge in [0.05, 0.1) is 19.6 Å². The summed E-state index contributed by atoms with van der Waals surface area (Å²) in [6.07, 6.45) is 2.75. The summed E-state index contributed by atoms with van der Waals surface area (Å²) in [4.78, 5) is 21.5. The molecule has 74 valence electrons. The lowest BCUT2D eigenvalue weighted by Crippen LogP contribution is -2.03. The molecule has 0 unspecified atom stereocenters. The Bertz CT molecular complexity index is 196. The van der Waals surface area contributed by atoms with Gasteiger partial charge in [-0.05, 0) is 13.8 Å². The van der Waals surface area contributed by atoms with Crippen molar-refractivity contribution in [1.29, 1.82) is 0 Å². The van der Waals surface area contributed by atoms with Crippen LogP contribution in [0.25, 0.3) is 0 Å². The molecule has 0 saturated heterocycles. The Hall–Kier alpha value is -1.32. The number of ether oxygens (including phenoxy) is 2. The molecule has 0 aliphatic carbocycles. The highest BCUT2D eigenvalue weighted by atomic mass is 16.5. The largest absolute Gasteiger partial charge is 0.466 e. The summed E-state index contributed by atoms with van der Waals surface area (Å²) in [5.41, 5.74) is 0. The lowest BCUT2D eigenvalue weighted by molar-refractivity contribution is -0.142. The van der Waals surface area contributed by atoms with Gasteiger partial charge in [0.15, 0.2) is 0 Å². The fraction of sp³-hybridized carbons (Fsp3) is 0.556. The van der Waals surface area contributed by atoms with E-state index < -0.39 is 5.97 Å². The number of rotatable bonds is 5. The molecule has 0 spiro atoms. The smallest absolute Gasteiger partial charge is 0.330 e. The van der Waals surface area contributed by atoms with Crippen molar-refractivity contribution in [3.05, 3.63) is 12.2 Å². The Morgan fingerprint density at radius 1 is 1.15 bits per heavy atom. The molecule has 0 amide bonds. The molecule has 0 aliphatic rings. The molecule has 0 aliphatic heterocycles. The van der Waals surface area contributed by atoms with Crippen molar-refractivity contribution >= 4 is 11.9 Å². The topological polar surface area (TPSA) is 52.6 Å². The third-order valence-electron chi connectivity index (χ3n) is 1.13. The van der Waals surface area contributed by atoms with Gasteiger partial charge in [-0.25, -0.2) is 4.79 Å². The first-order valence-electron chi connectivity index (χ1n) is 4.19. The van der Waals surface area contributed by atoms with Gasteiger partial charge >= 0.3 is 11.9 Å². The third kappa shape index (κ3) is 7.05. The highest BCUT2D eigenvalue weighted by Crippen LogP contribution is 1.89. The molecule has 0 fully saturated rings. The van der Waals surface area contributed by atoms with E-state index in [-0.39, 0.29) is 12.4 Å². The molecule has 0 aromatic carbocycles. The van der Waals surface area contributed by atoms with E-state index >= 15 is 0 Å². The van der Waals surface area contributed by atoms with Gasteiger partial charge in [-0.3, -0.25) is 4.79 Å². The fourth-order valence-electron chi connectivity index (χ4n) is 0.662. The molecule has 0 atom stereocenters. The van der Waals surface area contributed by atoms with Crippen LogP contribution in [0.1, 0.15) is 20.3 Å². The highest BCUT2D eigenvalue weighted by molar-refractivity contribution is 5.83. The van der Waals surface area contributed by atoms with Gasteiger partial charge in [0.1, 0.15) is 0 Å². The van der Waals surface area contributed by atoms with Gasteiger partial charge in [-0.15, -0.1) is 0 Å². The number of hydrogen-bond acceptors (Lipinski definition) is 4. The molecule has 0 bridgehead atoms. The summed E-state index contributed by atoms with van der Waals surface area (Å²) in [7, 11) is 0. The SMILES string of the molecule is CCOC(=O)/C=C/CC(=O)OCC. The zero-order chi connectivity index (χ0) is 10.1. The second-order valence-corrected chi connectivity index (χ2v) is 2.16. The molecular formula is C9H14O4. The maximum Gasteiger partial charge on any atom is 0.330 e. The van der Waals surface area contributed by atoms with Crippen molar-refractivity contribution in [1.82, 2.24) is 0 Å². The summed E-state index contributed by atoms with van der Waals surface area (Å²) in [5.74, 6) is -0.783. The molecular weight excluding hydrogens is 172 g/mol. The van der Waals surface area contributed by atoms with Gasteiger partial charge in [0.25, 0.3) is 0 Å². The average Bonchev–Trinajstić information content (AvgIpc) is 2.05. The molecule has 13 heavy (non-hydrogen) atoms. The zero-order valence-electron chi connectivity index (χ0n) is 7.91. The van der Waals surface area contributed by atoms with Crippen LogP contribution < -0.4 is 0 Å². The minimum Gasteiger partial charge on any atom is -0.466 e. The van der Waals surface area contributed by atoms with Crippen LogP contribution in [0.4, 0.5) is 0 Å². The van der Waals surface area contributed by atoms with Crippen molar-refractivity contribution in [2.75, 3.05) is 13.2 Å². The molecule has 0 heterocycles. The zero-order valence-corrected chi connectivity index (χ0v) is 7.91. The van der Waals surface area contributed by atoms with E-state index in [1.807, 2.05) is 0 Å². The minimum atomic E-state index is -0.438. The van der Waals surface area contributed by atoms with E-state index in [1.165, 1.54) is 12.2 Å². The van der Waals surface area contributed by atoms with E-state index in [1.54, 1.807) is 13.8 Å². The van der Waals surface area contributed by atoms with Gasteiger partial charge < -0.3 is 9.47 Å². The number of carbonyl (C=O) groups excluding carboxylic acids is 2. The molecule has 4 nitrogen and oxygen atoms in total. The molecule has 0 radical (unpaired) electrons. The maximum atomic E-state index is 10.8. The van der Waals surface area contributed by atoms with E-state index in [0.717, 1.165) is 0 Å². The maximum absolute atomic E-state index is 10.8. The van der Waals surface area contributed by atoms with Crippen LogP contribution in [-0.4, -0.2) is 25.2 Å². The quantitative estimate of drug-likeness (QED) is 0.476. The van der Waals surface area contributed by atoms with Crippen molar-refractivity contribution in [2.24, 2.45) is 0 Å². The molecule has 0 N–H and O–H groups in total. The Kier molecular flexibility index (Phi) is 6.59. The van der Waals surface area contributed by atoms with Crippen LogP contribution in [0.15, 0.2) is 12.2 Å². The van der Waals surface area contributed by atoms with Crippen molar-refractivity contribution in [3.63, 3.8) is 0 Å². The lowest BCUT2D eigenvalue weighted by Gasteiger charge is -1.96. The summed E-state index contributed by atoms with van der Waals surface area (Å²) >= 11 is 0. The van der Waals surface area contributed by atoms with E-state index in [0.29, 0.717) is 13.2 Å². The predicted octanol–water partition coefficient (Wildman–Crippen LogP) is 1.06. The fourth-order valence-corrected chi connectivity index (χ4v) is 0.662. The Morgan fingerprint density at radius 3 is 2.31 bits per heavy atom. The lowest BCUT2D eigenvalue weighted by atomic mass is 10.4. The summed E-state index contributed by atoms with van der Waals surface area (Å²) in [5, 5.41) is 0. The molecule has 0 saturated carbocycles. The molecule has 4 heteroatoms. The Morgan fingerprint density at radius 2 is 1.77 bits per heavy atom. The highest BCUT2D eigenvalue weighted by Gasteiger charge is 1.98. The average molecular weight is 186 g/mol. The summed E-state index contributed by atoms with van der Waals surface area (Å²) in [6, 6.07) is 0. The van der Waals surface area contributed by atoms with Crippen molar-refractivity contribution in [2.45, 2.75) is 20.3 Å². The van der Waals surface area contributed by atoms with E-state index in [2.05, 4.69) is 9.47 Å². The second kappa shape index (κ2) is 7.34. The molecule has 0 rings (SSSR count). The number of esters is 2. The van der Waals surface area contributed by atoms with Crippen LogP contribution in [-0.2, 0) is 19.1 Å². The number of carbonyl (C=O) groups is 2. The first-order valence-corrected chi connectivity index (χ1v) is 4.19. The van der Waals surface area contributed by atoms with Gasteiger partial charge in [-0.1, -0.05) is 6.08 Å². The monoisotopic (exact) mass is 186 g/mol. The van der Waals surface area contributed by atoms with Gasteiger partial charge in [0.2, 0.25) is 0 Å². The van der Waals surface area contributed by atoms with Crippen LogP contribution >= 0.6 is 0 Å². The van der Waals surface area contributed by atoms with Crippen molar-refractivity contribution in [3.8, 4) is 0 Å². The first kappa shape index (κ1) is 11.7. The first-order chi connectivity index (χ1) is 6.20. The standard InChI is InChI=1S/C9H14O4/c1-3-12-8(10)6-5-7-9(11)13-4-2/h5-6H,3-4,7H2,1-2H3/b6-5+. The number of hydrogen-bond donors (Lipinski definition) is 0. The minimum absolute atomic E-state index is 0.104. The van der Waals surface area contributed by atoms with Crippen LogP contribution in [0, 0.1) is 0 Å². The molecule has 0 aromatic rings. The second-order valence-electron chi connectivity index (χ2n) is 2.16. The summed E-state index contributed by atoms with van der Waals surface area (Å²) < 4.78 is 9.25. The van der Waals surface area contributed by atoms with E-state index in [9.17, 15) is 9.59 Å². The van der Waals surface area contributed by atoms with Crippen molar-refractivity contribution < 1.29 is 19.1 Å². The Balaban J connectivity index is 3.61. The van der Waals surface area contributed by atoms with Gasteiger partial charge in [-0.2, -0.15) is 0 Å².